The van der Waals surface area contributed by atoms with Crippen molar-refractivity contribution in [2.75, 3.05) is 13.2 Å². The number of hydrogen-bond acceptors (Lipinski definition) is 5. The van der Waals surface area contributed by atoms with Gasteiger partial charge in [0.25, 0.3) is 14.8 Å². The van der Waals surface area contributed by atoms with E-state index in [-0.39, 0.29) is 29.5 Å². The second-order valence-electron chi connectivity index (χ2n) is 10.6. The van der Waals surface area contributed by atoms with Crippen molar-refractivity contribution in [2.45, 2.75) is 70.0 Å². The van der Waals surface area contributed by atoms with Crippen LogP contribution in [0.2, 0.25) is 5.04 Å². The number of rotatable bonds is 9. The molecule has 4 unspecified atom stereocenters. The second-order valence-corrected chi connectivity index (χ2v) is 14.9. The molecule has 2 aromatic rings. The molecule has 1 aliphatic heterocycles. The zero-order valence-corrected chi connectivity index (χ0v) is 22.2. The minimum absolute atomic E-state index is 0.0906. The van der Waals surface area contributed by atoms with Gasteiger partial charge in [-0.15, -0.1) is 0 Å². The molecule has 1 saturated carbocycles. The molecule has 0 radical (unpaired) electrons. The molecule has 35 heavy (non-hydrogen) atoms. The highest BCUT2D eigenvalue weighted by molar-refractivity contribution is 6.99. The summed E-state index contributed by atoms with van der Waals surface area (Å²) in [5, 5.41) is 2.34. The fourth-order valence-electron chi connectivity index (χ4n) is 5.57. The predicted molar refractivity (Wildman–Crippen MR) is 140 cm³/mol. The molecule has 4 rings (SSSR count). The maximum Gasteiger partial charge on any atom is 0.293 e. The third-order valence-electron chi connectivity index (χ3n) is 7.37. The van der Waals surface area contributed by atoms with Crippen molar-refractivity contribution in [3.63, 3.8) is 0 Å². The van der Waals surface area contributed by atoms with Crippen LogP contribution in [-0.2, 0) is 23.4 Å². The molecule has 0 bridgehead atoms. The summed E-state index contributed by atoms with van der Waals surface area (Å²) in [5.41, 5.74) is 0.857. The molecule has 2 aromatic carbocycles. The van der Waals surface area contributed by atoms with Crippen LogP contribution >= 0.6 is 0 Å². The van der Waals surface area contributed by atoms with Crippen LogP contribution in [0.3, 0.4) is 0 Å². The Morgan fingerprint density at radius 1 is 1.03 bits per heavy atom. The molecule has 1 aliphatic carbocycles. The third kappa shape index (κ3) is 5.46. The molecule has 0 aromatic heterocycles. The van der Waals surface area contributed by atoms with Crippen LogP contribution in [0, 0.1) is 5.92 Å². The summed E-state index contributed by atoms with van der Waals surface area (Å²) in [6.07, 6.45) is 2.84. The Kier molecular flexibility index (Phi) is 8.27. The summed E-state index contributed by atoms with van der Waals surface area (Å²) in [4.78, 5) is 11.2. The maximum absolute atomic E-state index is 11.2. The lowest BCUT2D eigenvalue weighted by molar-refractivity contribution is -0.195. The lowest BCUT2D eigenvalue weighted by Gasteiger charge is -2.44. The first-order valence-corrected chi connectivity index (χ1v) is 14.6. The van der Waals surface area contributed by atoms with Crippen LogP contribution in [-0.4, -0.2) is 46.5 Å². The van der Waals surface area contributed by atoms with E-state index in [1.807, 2.05) is 12.1 Å². The van der Waals surface area contributed by atoms with Gasteiger partial charge in [-0.2, -0.15) is 0 Å². The number of benzene rings is 2. The molecule has 5 nitrogen and oxygen atoms in total. The van der Waals surface area contributed by atoms with Crippen molar-refractivity contribution in [2.24, 2.45) is 5.92 Å². The highest BCUT2D eigenvalue weighted by atomic mass is 28.4. The van der Waals surface area contributed by atoms with E-state index in [1.54, 1.807) is 0 Å². The molecule has 1 saturated heterocycles. The predicted octanol–water partition coefficient (Wildman–Crippen LogP) is 4.59. The van der Waals surface area contributed by atoms with Crippen molar-refractivity contribution in [3.05, 3.63) is 72.8 Å². The molecule has 2 fully saturated rings. The van der Waals surface area contributed by atoms with Crippen LogP contribution in [0.1, 0.15) is 46.5 Å². The first-order valence-electron chi connectivity index (χ1n) is 12.7. The molecule has 6 heteroatoms. The Bertz CT molecular complexity index is 926. The Labute approximate surface area is 210 Å². The average Bonchev–Trinajstić information content (AvgIpc) is 3.15. The minimum atomic E-state index is -2.71. The van der Waals surface area contributed by atoms with Crippen molar-refractivity contribution in [1.82, 2.24) is 0 Å². The lowest BCUT2D eigenvalue weighted by atomic mass is 10.0. The van der Waals surface area contributed by atoms with E-state index in [1.165, 1.54) is 10.4 Å². The van der Waals surface area contributed by atoms with E-state index >= 15 is 0 Å². The average molecular weight is 495 g/mol. The van der Waals surface area contributed by atoms with Crippen molar-refractivity contribution in [1.29, 1.82) is 0 Å². The van der Waals surface area contributed by atoms with Crippen molar-refractivity contribution < 1.29 is 23.4 Å². The largest absolute Gasteiger partial charge is 0.460 e. The molecule has 0 amide bonds. The second kappa shape index (κ2) is 11.2. The summed E-state index contributed by atoms with van der Waals surface area (Å²) in [6, 6.07) is 21.2. The Morgan fingerprint density at radius 2 is 1.66 bits per heavy atom. The van der Waals surface area contributed by atoms with Gasteiger partial charge >= 0.3 is 0 Å². The first-order chi connectivity index (χ1) is 16.9. The van der Waals surface area contributed by atoms with E-state index in [2.05, 4.69) is 75.9 Å². The van der Waals surface area contributed by atoms with E-state index in [0.717, 1.165) is 31.4 Å². The Hall–Kier alpha value is -2.25. The summed E-state index contributed by atoms with van der Waals surface area (Å²) in [7, 11) is -2.71. The van der Waals surface area contributed by atoms with Gasteiger partial charge in [-0.3, -0.25) is 4.79 Å². The minimum Gasteiger partial charge on any atom is -0.460 e. The monoisotopic (exact) mass is 494 g/mol. The van der Waals surface area contributed by atoms with Gasteiger partial charge in [0.2, 0.25) is 0 Å². The van der Waals surface area contributed by atoms with Crippen molar-refractivity contribution >= 4 is 25.2 Å². The molecule has 4 atom stereocenters. The first kappa shape index (κ1) is 25.8. The van der Waals surface area contributed by atoms with Crippen LogP contribution in [0.5, 0.6) is 0 Å². The van der Waals surface area contributed by atoms with Gasteiger partial charge in [0.05, 0.1) is 6.10 Å². The van der Waals surface area contributed by atoms with E-state index in [9.17, 15) is 4.79 Å². The number of ether oxygens (including phenoxy) is 3. The van der Waals surface area contributed by atoms with Crippen LogP contribution in [0.15, 0.2) is 72.8 Å². The maximum atomic E-state index is 11.2. The lowest BCUT2D eigenvalue weighted by Crippen LogP contribution is -2.67. The number of hydrogen-bond donors (Lipinski definition) is 0. The van der Waals surface area contributed by atoms with Gasteiger partial charge in [0.15, 0.2) is 6.29 Å². The van der Waals surface area contributed by atoms with Gasteiger partial charge in [0.1, 0.15) is 6.10 Å². The smallest absolute Gasteiger partial charge is 0.293 e. The van der Waals surface area contributed by atoms with Gasteiger partial charge in [-0.25, -0.2) is 0 Å². The molecular weight excluding hydrogens is 456 g/mol. The molecule has 2 aliphatic rings. The highest BCUT2D eigenvalue weighted by Gasteiger charge is 2.51. The fourth-order valence-corrected chi connectivity index (χ4v) is 10.2. The SMILES string of the molecule is C=C1C(OC=O)CC(OC2CCCCO2)C1CO[Si](c1ccccc1)(c1ccccc1)C(C)(C)C. The molecule has 188 valence electrons. The van der Waals surface area contributed by atoms with Crippen molar-refractivity contribution in [3.8, 4) is 0 Å². The third-order valence-corrected chi connectivity index (χ3v) is 12.4. The molecular formula is C29H38O5Si. The quantitative estimate of drug-likeness (QED) is 0.290. The zero-order chi connectivity index (χ0) is 24.9. The fraction of sp³-hybridized carbons (Fsp3) is 0.483. The number of carbonyl (C=O) groups is 1. The van der Waals surface area contributed by atoms with E-state index < -0.39 is 8.32 Å². The van der Waals surface area contributed by atoms with Crippen LogP contribution in [0.4, 0.5) is 0 Å². The molecule has 0 N–H and O–H groups in total. The van der Waals surface area contributed by atoms with E-state index in [4.69, 9.17) is 18.6 Å². The standard InChI is InChI=1S/C29H38O5Si/c1-22-25(27(19-26(22)32-21-30)34-28-17-11-12-18-31-28)20-33-35(29(2,3)4,23-13-7-5-8-14-23)24-15-9-6-10-16-24/h5-10,13-16,21,25-28H,1,11-12,17-20H2,2-4H3. The topological polar surface area (TPSA) is 54.0 Å². The summed E-state index contributed by atoms with van der Waals surface area (Å²) in [6.45, 7) is 12.8. The molecule has 1 heterocycles. The van der Waals surface area contributed by atoms with Gasteiger partial charge in [0, 0.05) is 25.6 Å². The Morgan fingerprint density at radius 3 is 2.17 bits per heavy atom. The van der Waals surface area contributed by atoms with Crippen LogP contribution in [0.25, 0.3) is 0 Å². The summed E-state index contributed by atoms with van der Waals surface area (Å²) in [5.74, 6) is -0.0906. The summed E-state index contributed by atoms with van der Waals surface area (Å²) < 4.78 is 24.9. The normalized spacial score (nSPS) is 25.4. The van der Waals surface area contributed by atoms with Gasteiger partial charge in [-0.05, 0) is 40.2 Å². The summed E-state index contributed by atoms with van der Waals surface area (Å²) >= 11 is 0. The number of carbonyl (C=O) groups excluding carboxylic acids is 1. The zero-order valence-electron chi connectivity index (χ0n) is 21.2. The van der Waals surface area contributed by atoms with Gasteiger partial charge < -0.3 is 18.6 Å². The van der Waals surface area contributed by atoms with E-state index in [0.29, 0.717) is 19.5 Å². The Balaban J connectivity index is 1.66. The van der Waals surface area contributed by atoms with Crippen LogP contribution < -0.4 is 10.4 Å². The molecule has 0 spiro atoms. The van der Waals surface area contributed by atoms with Gasteiger partial charge in [-0.1, -0.05) is 88.0 Å². The highest BCUT2D eigenvalue weighted by Crippen LogP contribution is 2.41.